The third kappa shape index (κ3) is 4.92. The van der Waals surface area contributed by atoms with Gasteiger partial charge in [-0.2, -0.15) is 18.4 Å². The highest BCUT2D eigenvalue weighted by atomic mass is 32.2. The summed E-state index contributed by atoms with van der Waals surface area (Å²) in [4.78, 5) is 21.6. The van der Waals surface area contributed by atoms with Crippen LogP contribution in [0.15, 0.2) is 15.7 Å². The summed E-state index contributed by atoms with van der Waals surface area (Å²) >= 11 is 0.928. The van der Waals surface area contributed by atoms with E-state index >= 15 is 0 Å². The zero-order valence-electron chi connectivity index (χ0n) is 16.8. The van der Waals surface area contributed by atoms with Gasteiger partial charge in [0.25, 0.3) is 15.9 Å². The number of thiophene rings is 1. The van der Waals surface area contributed by atoms with E-state index in [1.807, 2.05) is 6.07 Å². The second-order valence-electron chi connectivity index (χ2n) is 8.76. The van der Waals surface area contributed by atoms with Crippen molar-refractivity contribution in [3.63, 3.8) is 0 Å². The Morgan fingerprint density at radius 2 is 1.69 bits per heavy atom. The number of carbonyl (C=O) groups is 2. The predicted octanol–water partition coefficient (Wildman–Crippen LogP) is 2.60. The minimum absolute atomic E-state index is 0.0497. The van der Waals surface area contributed by atoms with Crippen LogP contribution < -0.4 is 10.5 Å². The van der Waals surface area contributed by atoms with Gasteiger partial charge in [0.15, 0.2) is 4.21 Å². The maximum atomic E-state index is 12.7. The fraction of sp³-hybridized carbons (Fsp3) is 0.632. The van der Waals surface area contributed by atoms with Crippen LogP contribution >= 0.6 is 11.3 Å². The van der Waals surface area contributed by atoms with Crippen molar-refractivity contribution in [3.05, 3.63) is 17.0 Å². The van der Waals surface area contributed by atoms with Crippen molar-refractivity contribution in [3.8, 4) is 6.07 Å². The number of hydrogen-bond acceptors (Lipinski definition) is 7. The van der Waals surface area contributed by atoms with E-state index in [1.165, 1.54) is 30.7 Å². The Kier molecular flexibility index (Phi) is 6.61. The molecule has 13 heteroatoms. The zero-order chi connectivity index (χ0) is 23.9. The summed E-state index contributed by atoms with van der Waals surface area (Å²) in [6, 6.07) is 2.46. The first-order valence-electron chi connectivity index (χ1n) is 9.87. The van der Waals surface area contributed by atoms with Crippen LogP contribution in [-0.2, 0) is 19.6 Å². The normalized spacial score (nSPS) is 29.4. The third-order valence-corrected chi connectivity index (χ3v) is 9.33. The smallest absolute Gasteiger partial charge is 0.475 e. The Bertz CT molecular complexity index is 1010. The number of sulfonamides is 1. The molecular formula is C19H22F3N3O5S2. The SMILES string of the molecule is N#Cc1ccsc1S(=O)(=O)NC(=O)C(N)C12CC3CC(CC(C3)C1)C2.O=C(O)C(F)(F)F. The Labute approximate surface area is 186 Å². The van der Waals surface area contributed by atoms with Gasteiger partial charge in [0.2, 0.25) is 0 Å². The van der Waals surface area contributed by atoms with E-state index in [0.717, 1.165) is 30.6 Å². The second-order valence-corrected chi connectivity index (χ2v) is 11.6. The number of nitriles is 1. The fourth-order valence-corrected chi connectivity index (χ4v) is 7.92. The van der Waals surface area contributed by atoms with Crippen molar-refractivity contribution in [1.29, 1.82) is 5.26 Å². The highest BCUT2D eigenvalue weighted by Crippen LogP contribution is 2.61. The number of carboxylic acids is 1. The average Bonchev–Trinajstić information content (AvgIpc) is 3.15. The van der Waals surface area contributed by atoms with Crippen LogP contribution in [0.1, 0.15) is 44.1 Å². The van der Waals surface area contributed by atoms with Crippen LogP contribution in [0.4, 0.5) is 13.2 Å². The Morgan fingerprint density at radius 1 is 1.22 bits per heavy atom. The molecule has 0 aromatic carbocycles. The van der Waals surface area contributed by atoms with Crippen molar-refractivity contribution in [2.24, 2.45) is 28.9 Å². The summed E-state index contributed by atoms with van der Waals surface area (Å²) in [7, 11) is -4.06. The lowest BCUT2D eigenvalue weighted by Gasteiger charge is -2.58. The van der Waals surface area contributed by atoms with Gasteiger partial charge in [-0.15, -0.1) is 11.3 Å². The highest BCUT2D eigenvalue weighted by Gasteiger charge is 2.55. The molecule has 4 saturated carbocycles. The van der Waals surface area contributed by atoms with E-state index in [2.05, 4.69) is 4.72 Å². The van der Waals surface area contributed by atoms with Crippen molar-refractivity contribution in [2.75, 3.05) is 0 Å². The monoisotopic (exact) mass is 493 g/mol. The van der Waals surface area contributed by atoms with Crippen LogP contribution in [-0.4, -0.2) is 37.6 Å². The molecule has 4 aliphatic carbocycles. The van der Waals surface area contributed by atoms with E-state index in [4.69, 9.17) is 20.9 Å². The summed E-state index contributed by atoms with van der Waals surface area (Å²) < 4.78 is 58.7. The molecule has 176 valence electrons. The molecule has 4 fully saturated rings. The Balaban J connectivity index is 0.000000360. The minimum Gasteiger partial charge on any atom is -0.475 e. The van der Waals surface area contributed by atoms with Crippen LogP contribution in [0.5, 0.6) is 0 Å². The molecular weight excluding hydrogens is 471 g/mol. The number of carbonyl (C=O) groups excluding carboxylic acids is 1. The topological polar surface area (TPSA) is 150 Å². The van der Waals surface area contributed by atoms with Crippen LogP contribution in [0.25, 0.3) is 0 Å². The molecule has 1 unspecified atom stereocenters. The van der Waals surface area contributed by atoms with Gasteiger partial charge >= 0.3 is 12.1 Å². The van der Waals surface area contributed by atoms with E-state index in [0.29, 0.717) is 17.8 Å². The van der Waals surface area contributed by atoms with Gasteiger partial charge in [0.1, 0.15) is 6.07 Å². The minimum atomic E-state index is -5.08. The Hall–Kier alpha value is -2.17. The molecule has 0 saturated heterocycles. The number of hydrogen-bond donors (Lipinski definition) is 3. The van der Waals surface area contributed by atoms with Crippen LogP contribution in [0.3, 0.4) is 0 Å². The summed E-state index contributed by atoms with van der Waals surface area (Å²) in [6.07, 6.45) is 1.38. The first-order valence-corrected chi connectivity index (χ1v) is 12.2. The van der Waals surface area contributed by atoms with Gasteiger partial charge in [-0.1, -0.05) is 0 Å². The fourth-order valence-electron chi connectivity index (χ4n) is 5.67. The molecule has 1 aromatic rings. The van der Waals surface area contributed by atoms with Crippen molar-refractivity contribution >= 4 is 33.2 Å². The van der Waals surface area contributed by atoms with E-state index in [1.54, 1.807) is 0 Å². The number of amides is 1. The van der Waals surface area contributed by atoms with E-state index in [9.17, 15) is 26.4 Å². The number of halogens is 3. The first kappa shape index (κ1) is 24.5. The van der Waals surface area contributed by atoms with Gasteiger partial charge in [-0.25, -0.2) is 17.9 Å². The highest BCUT2D eigenvalue weighted by molar-refractivity contribution is 7.92. The van der Waals surface area contributed by atoms with Gasteiger partial charge in [0.05, 0.1) is 11.6 Å². The van der Waals surface area contributed by atoms with Gasteiger partial charge < -0.3 is 10.8 Å². The summed E-state index contributed by atoms with van der Waals surface area (Å²) in [5.41, 5.74) is 6.10. The van der Waals surface area contributed by atoms with Crippen LogP contribution in [0, 0.1) is 34.5 Å². The zero-order valence-corrected chi connectivity index (χ0v) is 18.4. The van der Waals surface area contributed by atoms with Crippen LogP contribution in [0.2, 0.25) is 0 Å². The molecule has 0 radical (unpaired) electrons. The molecule has 5 rings (SSSR count). The standard InChI is InChI=1S/C17H21N3O3S2.C2HF3O2/c18-9-13-1-2-24-16(13)25(22,23)20-15(21)14(19)17-6-10-3-11(7-17)5-12(4-10)8-17;3-2(4,5)1(6)7/h1-2,10-12,14H,3-8,19H2,(H,20,21);(H,6,7). The quantitative estimate of drug-likeness (QED) is 0.583. The third-order valence-electron chi connectivity index (χ3n) is 6.50. The van der Waals surface area contributed by atoms with Crippen molar-refractivity contribution in [2.45, 2.75) is 55.0 Å². The van der Waals surface area contributed by atoms with Crippen molar-refractivity contribution in [1.82, 2.24) is 4.72 Å². The summed E-state index contributed by atoms with van der Waals surface area (Å²) in [5.74, 6) is -1.51. The number of rotatable bonds is 4. The second kappa shape index (κ2) is 8.64. The molecule has 4 N–H and O–H groups in total. The molecule has 0 spiro atoms. The van der Waals surface area contributed by atoms with Gasteiger partial charge in [-0.3, -0.25) is 4.79 Å². The average molecular weight is 494 g/mol. The number of carboxylic acid groups (broad SMARTS) is 1. The lowest BCUT2D eigenvalue weighted by molar-refractivity contribution is -0.192. The predicted molar refractivity (Wildman–Crippen MR) is 107 cm³/mol. The molecule has 4 bridgehead atoms. The molecule has 32 heavy (non-hydrogen) atoms. The maximum Gasteiger partial charge on any atom is 0.490 e. The molecule has 1 amide bonds. The summed E-state index contributed by atoms with van der Waals surface area (Å²) in [6.45, 7) is 0. The molecule has 1 aromatic heterocycles. The largest absolute Gasteiger partial charge is 0.490 e. The lowest BCUT2D eigenvalue weighted by atomic mass is 9.47. The molecule has 4 aliphatic rings. The lowest BCUT2D eigenvalue weighted by Crippen LogP contribution is -2.60. The van der Waals surface area contributed by atoms with Gasteiger partial charge in [-0.05, 0) is 73.1 Å². The van der Waals surface area contributed by atoms with E-state index < -0.39 is 34.1 Å². The molecule has 1 atom stereocenters. The Morgan fingerprint density at radius 3 is 2.09 bits per heavy atom. The number of nitrogens with zero attached hydrogens (tertiary/aromatic N) is 1. The number of alkyl halides is 3. The van der Waals surface area contributed by atoms with E-state index in [-0.39, 0.29) is 15.2 Å². The number of nitrogens with one attached hydrogen (secondary N) is 1. The summed E-state index contributed by atoms with van der Waals surface area (Å²) in [5, 5.41) is 17.7. The number of nitrogens with two attached hydrogens (primary N) is 1. The molecule has 8 nitrogen and oxygen atoms in total. The number of aliphatic carboxylic acids is 1. The van der Waals surface area contributed by atoms with Crippen molar-refractivity contribution < 1.29 is 36.3 Å². The molecule has 1 heterocycles. The van der Waals surface area contributed by atoms with Gasteiger partial charge in [0, 0.05) is 0 Å². The maximum absolute atomic E-state index is 12.7. The first-order chi connectivity index (χ1) is 14.8. The molecule has 0 aliphatic heterocycles.